The lowest BCUT2D eigenvalue weighted by molar-refractivity contribution is -0.164. The maximum absolute atomic E-state index is 10.3. The van der Waals surface area contributed by atoms with Gasteiger partial charge in [0.15, 0.2) is 6.10 Å². The molecule has 1 rings (SSSR count). The average Bonchev–Trinajstić information content (AvgIpc) is 3.05. The molecule has 10 N–H and O–H groups in total. The molecule has 24 heavy (non-hydrogen) atoms. The Labute approximate surface area is 135 Å². The van der Waals surface area contributed by atoms with Crippen LogP contribution in [0.5, 0.6) is 0 Å². The van der Waals surface area contributed by atoms with Crippen molar-refractivity contribution < 1.29 is 45.3 Å². The fraction of sp³-hybridized carbons (Fsp3) is 0.583. The summed E-state index contributed by atoms with van der Waals surface area (Å²) in [5.41, 5.74) is 5.92. The van der Waals surface area contributed by atoms with Gasteiger partial charge >= 0.3 is 11.9 Å². The highest BCUT2D eigenvalue weighted by Crippen LogP contribution is 2.04. The molecule has 0 saturated heterocycles. The van der Waals surface area contributed by atoms with Gasteiger partial charge in [-0.25, -0.2) is 9.78 Å². The number of hydrogen-bond donors (Lipinski definition) is 9. The molecule has 0 amide bonds. The monoisotopic (exact) mass is 351 g/mol. The fourth-order valence-electron chi connectivity index (χ4n) is 1.38. The Bertz CT molecular complexity index is 496. The second kappa shape index (κ2) is 10.6. The molecular weight excluding hydrogens is 330 g/mol. The predicted octanol–water partition coefficient (Wildman–Crippen LogP) is -4.13. The van der Waals surface area contributed by atoms with Crippen molar-refractivity contribution in [3.63, 3.8) is 0 Å². The Kier molecular flexibility index (Phi) is 9.71. The molecule has 0 fully saturated rings. The van der Waals surface area contributed by atoms with Crippen LogP contribution in [0.3, 0.4) is 0 Å². The summed E-state index contributed by atoms with van der Waals surface area (Å²) in [7, 11) is 0. The minimum Gasteiger partial charge on any atom is -0.480 e. The minimum absolute atomic E-state index is 0.263. The highest BCUT2D eigenvalue weighted by Gasteiger charge is 2.33. The van der Waals surface area contributed by atoms with Crippen molar-refractivity contribution in [1.29, 1.82) is 0 Å². The van der Waals surface area contributed by atoms with Gasteiger partial charge in [-0.3, -0.25) is 4.79 Å². The molecule has 5 atom stereocenters. The Morgan fingerprint density at radius 1 is 1.12 bits per heavy atom. The van der Waals surface area contributed by atoms with Crippen LogP contribution in [0, 0.1) is 0 Å². The zero-order chi connectivity index (χ0) is 18.9. The smallest absolute Gasteiger partial charge is 0.335 e. The maximum Gasteiger partial charge on any atom is 0.335 e. The lowest BCUT2D eigenvalue weighted by Gasteiger charge is -2.23. The van der Waals surface area contributed by atoms with Crippen molar-refractivity contribution in [2.75, 3.05) is 6.61 Å². The van der Waals surface area contributed by atoms with Gasteiger partial charge < -0.3 is 46.5 Å². The zero-order valence-corrected chi connectivity index (χ0v) is 12.4. The topological polar surface area (TPSA) is 230 Å². The van der Waals surface area contributed by atoms with Crippen molar-refractivity contribution in [3.8, 4) is 0 Å². The molecule has 0 aliphatic carbocycles. The number of aromatic amines is 1. The molecule has 0 bridgehead atoms. The highest BCUT2D eigenvalue weighted by atomic mass is 16.4. The van der Waals surface area contributed by atoms with Crippen LogP contribution in [0.2, 0.25) is 0 Å². The fourth-order valence-corrected chi connectivity index (χ4v) is 1.38. The van der Waals surface area contributed by atoms with Crippen molar-refractivity contribution in [2.45, 2.75) is 36.9 Å². The first-order valence-corrected chi connectivity index (χ1v) is 6.63. The van der Waals surface area contributed by atoms with Gasteiger partial charge in [-0.1, -0.05) is 0 Å². The van der Waals surface area contributed by atoms with Crippen molar-refractivity contribution in [1.82, 2.24) is 9.97 Å². The van der Waals surface area contributed by atoms with Crippen molar-refractivity contribution >= 4 is 11.9 Å². The Hall–Kier alpha value is -2.09. The second-order valence-corrected chi connectivity index (χ2v) is 4.72. The zero-order valence-electron chi connectivity index (χ0n) is 12.4. The standard InChI is InChI=1S/C6H9N3O2.C6H12O7/c7-5(6(10)11)1-4-2-8-3-9-4;7-1-2(8)3(9)4(10)5(11)6(12)13/h2-3,5H,1,7H2,(H,8,9)(H,10,11);2-5,7-11H,1H2,(H,12,13)/t5-;2-,3-,4+,5-/m01/s1. The van der Waals surface area contributed by atoms with E-state index >= 15 is 0 Å². The van der Waals surface area contributed by atoms with Gasteiger partial charge in [0, 0.05) is 12.6 Å². The van der Waals surface area contributed by atoms with E-state index in [1.165, 1.54) is 6.33 Å². The molecule has 0 unspecified atom stereocenters. The molecule has 1 aromatic heterocycles. The van der Waals surface area contributed by atoms with Crippen molar-refractivity contribution in [2.24, 2.45) is 5.73 Å². The summed E-state index contributed by atoms with van der Waals surface area (Å²) in [5, 5.41) is 60.2. The van der Waals surface area contributed by atoms with E-state index < -0.39 is 49.0 Å². The molecule has 138 valence electrons. The number of nitrogens with zero attached hydrogens (tertiary/aromatic N) is 1. The quantitative estimate of drug-likeness (QED) is 0.218. The summed E-state index contributed by atoms with van der Waals surface area (Å²) in [5.74, 6) is -2.73. The number of nitrogens with two attached hydrogens (primary N) is 1. The number of nitrogens with one attached hydrogen (secondary N) is 1. The van der Waals surface area contributed by atoms with Crippen LogP contribution < -0.4 is 5.73 Å². The van der Waals surface area contributed by atoms with Crippen molar-refractivity contribution in [3.05, 3.63) is 18.2 Å². The Balaban J connectivity index is 0.000000446. The molecule has 1 heterocycles. The normalized spacial score (nSPS) is 16.9. The summed E-state index contributed by atoms with van der Waals surface area (Å²) in [6.45, 7) is -0.843. The van der Waals surface area contributed by atoms with Gasteiger partial charge in [-0.2, -0.15) is 0 Å². The van der Waals surface area contributed by atoms with E-state index in [9.17, 15) is 9.59 Å². The largest absolute Gasteiger partial charge is 0.480 e. The number of aromatic nitrogens is 2. The van der Waals surface area contributed by atoms with Gasteiger partial charge in [0.1, 0.15) is 24.4 Å². The SMILES string of the molecule is N[C@@H](Cc1c[nH]cn1)C(=O)O.O=C(O)[C@H](O)[C@@H](O)[C@H](O)[C@H](O)CO. The van der Waals surface area contributed by atoms with Crippen LogP contribution in [0.1, 0.15) is 5.69 Å². The third-order valence-corrected chi connectivity index (χ3v) is 2.81. The predicted molar refractivity (Wildman–Crippen MR) is 76.7 cm³/mol. The molecule has 0 aliphatic rings. The summed E-state index contributed by atoms with van der Waals surface area (Å²) < 4.78 is 0. The third kappa shape index (κ3) is 7.45. The lowest BCUT2D eigenvalue weighted by Crippen LogP contribution is -2.48. The van der Waals surface area contributed by atoms with E-state index in [1.54, 1.807) is 6.20 Å². The number of carbonyl (C=O) groups is 2. The van der Waals surface area contributed by atoms with Gasteiger partial charge in [0.2, 0.25) is 0 Å². The Morgan fingerprint density at radius 3 is 2.08 bits per heavy atom. The minimum atomic E-state index is -2.20. The number of aliphatic carboxylic acids is 2. The van der Waals surface area contributed by atoms with E-state index in [0.717, 1.165) is 0 Å². The number of carboxylic acids is 2. The lowest BCUT2D eigenvalue weighted by atomic mass is 10.0. The summed E-state index contributed by atoms with van der Waals surface area (Å²) in [4.78, 5) is 26.9. The first-order chi connectivity index (χ1) is 11.1. The third-order valence-electron chi connectivity index (χ3n) is 2.81. The average molecular weight is 351 g/mol. The molecule has 0 radical (unpaired) electrons. The van der Waals surface area contributed by atoms with E-state index in [-0.39, 0.29) is 6.42 Å². The number of aliphatic hydroxyl groups excluding tert-OH is 5. The number of carboxylic acid groups (broad SMARTS) is 2. The maximum atomic E-state index is 10.3. The number of hydrogen-bond acceptors (Lipinski definition) is 9. The number of aliphatic hydroxyl groups is 5. The van der Waals surface area contributed by atoms with E-state index in [0.29, 0.717) is 5.69 Å². The van der Waals surface area contributed by atoms with E-state index in [1.807, 2.05) is 0 Å². The molecular formula is C12H21N3O9. The molecule has 12 nitrogen and oxygen atoms in total. The van der Waals surface area contributed by atoms with E-state index in [4.69, 9.17) is 41.5 Å². The van der Waals surface area contributed by atoms with Crippen LogP contribution in [-0.4, -0.2) is 94.7 Å². The summed E-state index contributed by atoms with van der Waals surface area (Å²) >= 11 is 0. The molecule has 0 aliphatic heterocycles. The molecule has 12 heteroatoms. The molecule has 0 aromatic carbocycles. The molecule has 0 saturated carbocycles. The van der Waals surface area contributed by atoms with E-state index in [2.05, 4.69) is 9.97 Å². The highest BCUT2D eigenvalue weighted by molar-refractivity contribution is 5.73. The second-order valence-electron chi connectivity index (χ2n) is 4.72. The summed E-state index contributed by atoms with van der Waals surface area (Å²) in [6.07, 6.45) is -4.46. The number of H-pyrrole nitrogens is 1. The number of rotatable bonds is 8. The first-order valence-electron chi connectivity index (χ1n) is 6.63. The Morgan fingerprint density at radius 2 is 1.71 bits per heavy atom. The molecule has 1 aromatic rings. The molecule has 0 spiro atoms. The number of imidazole rings is 1. The van der Waals surface area contributed by atoms with Crippen LogP contribution in [0.15, 0.2) is 12.5 Å². The van der Waals surface area contributed by atoms with Crippen LogP contribution in [0.25, 0.3) is 0 Å². The van der Waals surface area contributed by atoms with Gasteiger partial charge in [0.25, 0.3) is 0 Å². The first kappa shape index (κ1) is 21.9. The van der Waals surface area contributed by atoms with Gasteiger partial charge in [0.05, 0.1) is 18.6 Å². The van der Waals surface area contributed by atoms with Crippen LogP contribution in [0.4, 0.5) is 0 Å². The summed E-state index contributed by atoms with van der Waals surface area (Å²) in [6, 6.07) is -0.863. The van der Waals surface area contributed by atoms with Gasteiger partial charge in [-0.15, -0.1) is 0 Å². The van der Waals surface area contributed by atoms with Crippen LogP contribution >= 0.6 is 0 Å². The van der Waals surface area contributed by atoms with Gasteiger partial charge in [-0.05, 0) is 0 Å². The van der Waals surface area contributed by atoms with Crippen LogP contribution in [-0.2, 0) is 16.0 Å².